The minimum absolute atomic E-state index is 0.128. The highest BCUT2D eigenvalue weighted by Crippen LogP contribution is 2.36. The summed E-state index contributed by atoms with van der Waals surface area (Å²) in [6.07, 6.45) is 8.12. The number of hydrogen-bond acceptors (Lipinski definition) is 3. The zero-order chi connectivity index (χ0) is 15.2. The van der Waals surface area contributed by atoms with Crippen LogP contribution in [0.3, 0.4) is 0 Å². The first-order chi connectivity index (χ1) is 9.31. The van der Waals surface area contributed by atoms with Crippen molar-refractivity contribution < 1.29 is 5.11 Å². The molecule has 0 heterocycles. The van der Waals surface area contributed by atoms with Crippen molar-refractivity contribution in [3.05, 3.63) is 0 Å². The lowest BCUT2D eigenvalue weighted by Crippen LogP contribution is -2.52. The summed E-state index contributed by atoms with van der Waals surface area (Å²) in [5.74, 6) is 0. The van der Waals surface area contributed by atoms with Crippen molar-refractivity contribution in [2.75, 3.05) is 26.7 Å². The summed E-state index contributed by atoms with van der Waals surface area (Å²) < 4.78 is 0. The summed E-state index contributed by atoms with van der Waals surface area (Å²) in [4.78, 5) is 2.36. The molecule has 1 saturated carbocycles. The Bertz CT molecular complexity index is 268. The molecule has 0 unspecified atom stereocenters. The minimum Gasteiger partial charge on any atom is -0.394 e. The van der Waals surface area contributed by atoms with Crippen molar-refractivity contribution in [2.24, 2.45) is 5.41 Å². The second-order valence-corrected chi connectivity index (χ2v) is 7.78. The predicted octanol–water partition coefficient (Wildman–Crippen LogP) is 3.03. The third kappa shape index (κ3) is 5.34. The van der Waals surface area contributed by atoms with E-state index in [9.17, 15) is 5.11 Å². The van der Waals surface area contributed by atoms with Crippen LogP contribution >= 0.6 is 0 Å². The fraction of sp³-hybridized carbons (Fsp3) is 1.00. The fourth-order valence-electron chi connectivity index (χ4n) is 3.13. The molecular formula is C17H36N2O. The quantitative estimate of drug-likeness (QED) is 0.705. The molecule has 0 saturated heterocycles. The van der Waals surface area contributed by atoms with Gasteiger partial charge < -0.3 is 10.4 Å². The van der Waals surface area contributed by atoms with E-state index in [1.165, 1.54) is 38.5 Å². The molecular weight excluding hydrogens is 248 g/mol. The van der Waals surface area contributed by atoms with Gasteiger partial charge in [0.05, 0.1) is 6.61 Å². The lowest BCUT2D eigenvalue weighted by Gasteiger charge is -2.43. The lowest BCUT2D eigenvalue weighted by atomic mass is 9.78. The van der Waals surface area contributed by atoms with Gasteiger partial charge in [-0.15, -0.1) is 0 Å². The Hall–Kier alpha value is -0.120. The van der Waals surface area contributed by atoms with Gasteiger partial charge in [-0.3, -0.25) is 4.90 Å². The van der Waals surface area contributed by atoms with Gasteiger partial charge in [-0.2, -0.15) is 0 Å². The second-order valence-electron chi connectivity index (χ2n) is 7.78. The smallest absolute Gasteiger partial charge is 0.0609 e. The van der Waals surface area contributed by atoms with Crippen molar-refractivity contribution >= 4 is 0 Å². The van der Waals surface area contributed by atoms with Gasteiger partial charge in [0.1, 0.15) is 0 Å². The summed E-state index contributed by atoms with van der Waals surface area (Å²) in [5.41, 5.74) is 0.249. The summed E-state index contributed by atoms with van der Waals surface area (Å²) in [5, 5.41) is 13.3. The van der Waals surface area contributed by atoms with Crippen LogP contribution < -0.4 is 5.32 Å². The molecule has 0 aliphatic heterocycles. The van der Waals surface area contributed by atoms with Crippen molar-refractivity contribution in [1.29, 1.82) is 0 Å². The predicted molar refractivity (Wildman–Crippen MR) is 87.1 cm³/mol. The van der Waals surface area contributed by atoms with Gasteiger partial charge in [0.25, 0.3) is 0 Å². The number of hydrogen-bond donors (Lipinski definition) is 2. The molecule has 1 aliphatic carbocycles. The van der Waals surface area contributed by atoms with Crippen LogP contribution in [0.15, 0.2) is 0 Å². The average Bonchev–Trinajstić information content (AvgIpc) is 2.62. The topological polar surface area (TPSA) is 35.5 Å². The molecule has 3 nitrogen and oxygen atoms in total. The highest BCUT2D eigenvalue weighted by molar-refractivity contribution is 4.90. The molecule has 0 amide bonds. The molecule has 0 aromatic carbocycles. The molecule has 2 N–H and O–H groups in total. The first-order valence-electron chi connectivity index (χ1n) is 8.37. The third-order valence-corrected chi connectivity index (χ3v) is 5.04. The summed E-state index contributed by atoms with van der Waals surface area (Å²) in [7, 11) is 2.16. The highest BCUT2D eigenvalue weighted by atomic mass is 16.3. The van der Waals surface area contributed by atoms with Crippen LogP contribution in [-0.2, 0) is 0 Å². The standard InChI is InChI=1S/C17H36N2O/c1-15(2)18-12-17(10-8-6-7-9-11-17)13-19(5)16(3,4)14-20/h15,18,20H,6-14H2,1-5H3. The monoisotopic (exact) mass is 284 g/mol. The van der Waals surface area contributed by atoms with Crippen molar-refractivity contribution in [2.45, 2.75) is 77.8 Å². The minimum atomic E-state index is -0.128. The molecule has 0 radical (unpaired) electrons. The van der Waals surface area contributed by atoms with Gasteiger partial charge in [0.15, 0.2) is 0 Å². The summed E-state index contributed by atoms with van der Waals surface area (Å²) in [6, 6.07) is 0.547. The van der Waals surface area contributed by atoms with E-state index < -0.39 is 0 Å². The van der Waals surface area contributed by atoms with Gasteiger partial charge in [-0.25, -0.2) is 0 Å². The van der Waals surface area contributed by atoms with E-state index in [0.717, 1.165) is 13.1 Å². The third-order valence-electron chi connectivity index (χ3n) is 5.04. The Kier molecular flexibility index (Phi) is 6.96. The maximum absolute atomic E-state index is 9.59. The van der Waals surface area contributed by atoms with Crippen LogP contribution in [0.25, 0.3) is 0 Å². The molecule has 120 valence electrons. The van der Waals surface area contributed by atoms with E-state index in [4.69, 9.17) is 0 Å². The normalized spacial score (nSPS) is 20.4. The molecule has 0 aromatic rings. The highest BCUT2D eigenvalue weighted by Gasteiger charge is 2.35. The van der Waals surface area contributed by atoms with E-state index in [1.807, 2.05) is 0 Å². The zero-order valence-corrected chi connectivity index (χ0v) is 14.3. The first kappa shape index (κ1) is 17.9. The Morgan fingerprint density at radius 2 is 1.70 bits per heavy atom. The van der Waals surface area contributed by atoms with Gasteiger partial charge in [-0.05, 0) is 39.2 Å². The number of nitrogens with zero attached hydrogens (tertiary/aromatic N) is 1. The number of aliphatic hydroxyl groups excluding tert-OH is 1. The molecule has 1 rings (SSSR count). The Labute approximate surface area is 126 Å². The van der Waals surface area contributed by atoms with Gasteiger partial charge in [0.2, 0.25) is 0 Å². The molecule has 1 fully saturated rings. The molecule has 0 atom stereocenters. The SMILES string of the molecule is CC(C)NCC1(CN(C)C(C)(C)CO)CCCCCC1. The molecule has 3 heteroatoms. The Morgan fingerprint density at radius 1 is 1.15 bits per heavy atom. The van der Waals surface area contributed by atoms with E-state index in [-0.39, 0.29) is 12.1 Å². The van der Waals surface area contributed by atoms with Gasteiger partial charge >= 0.3 is 0 Å². The van der Waals surface area contributed by atoms with E-state index in [0.29, 0.717) is 11.5 Å². The van der Waals surface area contributed by atoms with Gasteiger partial charge in [-0.1, -0.05) is 39.5 Å². The maximum atomic E-state index is 9.59. The second kappa shape index (κ2) is 7.77. The van der Waals surface area contributed by atoms with Crippen LogP contribution in [0.5, 0.6) is 0 Å². The lowest BCUT2D eigenvalue weighted by molar-refractivity contribution is 0.0336. The van der Waals surface area contributed by atoms with E-state index in [1.54, 1.807) is 0 Å². The fourth-order valence-corrected chi connectivity index (χ4v) is 3.13. The average molecular weight is 284 g/mol. The molecule has 0 bridgehead atoms. The molecule has 0 aromatic heterocycles. The van der Waals surface area contributed by atoms with Crippen molar-refractivity contribution in [1.82, 2.24) is 10.2 Å². The van der Waals surface area contributed by atoms with Crippen LogP contribution in [0.2, 0.25) is 0 Å². The van der Waals surface area contributed by atoms with E-state index in [2.05, 4.69) is 45.0 Å². The van der Waals surface area contributed by atoms with Crippen LogP contribution in [0.4, 0.5) is 0 Å². The number of likely N-dealkylation sites (N-methyl/N-ethyl adjacent to an activating group) is 1. The Morgan fingerprint density at radius 3 is 2.15 bits per heavy atom. The number of nitrogens with one attached hydrogen (secondary N) is 1. The largest absolute Gasteiger partial charge is 0.394 e. The number of rotatable bonds is 7. The zero-order valence-electron chi connectivity index (χ0n) is 14.3. The van der Waals surface area contributed by atoms with E-state index >= 15 is 0 Å². The Balaban J connectivity index is 2.75. The number of aliphatic hydroxyl groups is 1. The summed E-state index contributed by atoms with van der Waals surface area (Å²) >= 11 is 0. The molecule has 20 heavy (non-hydrogen) atoms. The first-order valence-corrected chi connectivity index (χ1v) is 8.37. The maximum Gasteiger partial charge on any atom is 0.0609 e. The molecule has 1 aliphatic rings. The van der Waals surface area contributed by atoms with Crippen LogP contribution in [-0.4, -0.2) is 48.3 Å². The summed E-state index contributed by atoms with van der Waals surface area (Å²) in [6.45, 7) is 11.1. The van der Waals surface area contributed by atoms with Gasteiger partial charge in [0, 0.05) is 24.7 Å². The van der Waals surface area contributed by atoms with Crippen molar-refractivity contribution in [3.63, 3.8) is 0 Å². The van der Waals surface area contributed by atoms with Crippen LogP contribution in [0.1, 0.15) is 66.2 Å². The molecule has 0 spiro atoms. The van der Waals surface area contributed by atoms with Crippen LogP contribution in [0, 0.1) is 5.41 Å². The van der Waals surface area contributed by atoms with Crippen molar-refractivity contribution in [3.8, 4) is 0 Å².